The first kappa shape index (κ1) is 17.8. The number of hydrogen-bond acceptors (Lipinski definition) is 4. The standard InChI is InChI=1S/C18H26N4O2/c1-3-10-22-13-15(12-20-22)21-14(2)7-6-11-24-17-9-5-4-8-16(17)18(19)23/h4-5,8-9,12-14,21H,3,6-7,10-11H2,1-2H3,(H2,19,23)/t14-/m1/s1. The summed E-state index contributed by atoms with van der Waals surface area (Å²) in [6.07, 6.45) is 6.79. The molecule has 130 valence electrons. The molecule has 0 aliphatic heterocycles. The normalized spacial score (nSPS) is 11.9. The van der Waals surface area contributed by atoms with Crippen LogP contribution < -0.4 is 15.8 Å². The summed E-state index contributed by atoms with van der Waals surface area (Å²) in [6, 6.07) is 7.37. The fourth-order valence-electron chi connectivity index (χ4n) is 2.51. The number of carbonyl (C=O) groups excluding carboxylic acids is 1. The Balaban J connectivity index is 1.73. The van der Waals surface area contributed by atoms with Gasteiger partial charge in [0.1, 0.15) is 5.75 Å². The van der Waals surface area contributed by atoms with Crippen molar-refractivity contribution in [2.75, 3.05) is 11.9 Å². The highest BCUT2D eigenvalue weighted by Gasteiger charge is 2.09. The van der Waals surface area contributed by atoms with E-state index in [4.69, 9.17) is 10.5 Å². The average Bonchev–Trinajstić information content (AvgIpc) is 2.99. The average molecular weight is 330 g/mol. The van der Waals surface area contributed by atoms with E-state index in [-0.39, 0.29) is 0 Å². The van der Waals surface area contributed by atoms with Crippen LogP contribution >= 0.6 is 0 Å². The Hall–Kier alpha value is -2.50. The zero-order chi connectivity index (χ0) is 17.4. The molecule has 0 spiro atoms. The molecular formula is C18H26N4O2. The molecule has 2 aromatic rings. The maximum absolute atomic E-state index is 11.3. The van der Waals surface area contributed by atoms with Crippen LogP contribution in [0.25, 0.3) is 0 Å². The number of carbonyl (C=O) groups is 1. The van der Waals surface area contributed by atoms with Crippen molar-refractivity contribution in [2.45, 2.75) is 45.7 Å². The quantitative estimate of drug-likeness (QED) is 0.656. The van der Waals surface area contributed by atoms with Crippen LogP contribution in [0.15, 0.2) is 36.7 Å². The molecule has 1 amide bonds. The molecule has 3 N–H and O–H groups in total. The number of nitrogens with two attached hydrogens (primary N) is 1. The summed E-state index contributed by atoms with van der Waals surface area (Å²) >= 11 is 0. The predicted molar refractivity (Wildman–Crippen MR) is 95.3 cm³/mol. The third kappa shape index (κ3) is 5.30. The second-order valence-electron chi connectivity index (χ2n) is 5.89. The Kier molecular flexibility index (Phi) is 6.66. The Morgan fingerprint density at radius 2 is 2.21 bits per heavy atom. The highest BCUT2D eigenvalue weighted by Crippen LogP contribution is 2.18. The number of amides is 1. The number of benzene rings is 1. The van der Waals surface area contributed by atoms with Crippen LogP contribution in [0.1, 0.15) is 43.5 Å². The zero-order valence-electron chi connectivity index (χ0n) is 14.4. The summed E-state index contributed by atoms with van der Waals surface area (Å²) in [5.74, 6) is 0.0798. The summed E-state index contributed by atoms with van der Waals surface area (Å²) < 4.78 is 7.63. The van der Waals surface area contributed by atoms with Crippen LogP contribution in [0.4, 0.5) is 5.69 Å². The van der Waals surface area contributed by atoms with Gasteiger partial charge in [0.25, 0.3) is 5.91 Å². The minimum atomic E-state index is -0.468. The van der Waals surface area contributed by atoms with Crippen molar-refractivity contribution in [3.05, 3.63) is 42.2 Å². The van der Waals surface area contributed by atoms with Gasteiger partial charge in [-0.25, -0.2) is 0 Å². The molecule has 6 heteroatoms. The summed E-state index contributed by atoms with van der Waals surface area (Å²) in [5.41, 5.74) is 6.80. The predicted octanol–water partition coefficient (Wildman–Crippen LogP) is 3.05. The molecule has 1 aromatic heterocycles. The van der Waals surface area contributed by atoms with E-state index >= 15 is 0 Å². The Morgan fingerprint density at radius 3 is 2.96 bits per heavy atom. The van der Waals surface area contributed by atoms with E-state index in [1.807, 2.05) is 23.1 Å². The number of nitrogens with zero attached hydrogens (tertiary/aromatic N) is 2. The van der Waals surface area contributed by atoms with Gasteiger partial charge in [0.15, 0.2) is 0 Å². The van der Waals surface area contributed by atoms with Gasteiger partial charge in [-0.1, -0.05) is 19.1 Å². The number of primary amides is 1. The largest absolute Gasteiger partial charge is 0.493 e. The van der Waals surface area contributed by atoms with E-state index in [2.05, 4.69) is 24.3 Å². The number of para-hydroxylation sites is 1. The molecule has 0 aliphatic rings. The van der Waals surface area contributed by atoms with E-state index in [1.165, 1.54) is 0 Å². The molecule has 1 atom stereocenters. The molecule has 0 saturated carbocycles. The minimum Gasteiger partial charge on any atom is -0.493 e. The van der Waals surface area contributed by atoms with Crippen LogP contribution in [0, 0.1) is 0 Å². The first-order valence-electron chi connectivity index (χ1n) is 8.40. The lowest BCUT2D eigenvalue weighted by Crippen LogP contribution is -2.16. The molecule has 0 fully saturated rings. The maximum Gasteiger partial charge on any atom is 0.252 e. The Labute approximate surface area is 143 Å². The van der Waals surface area contributed by atoms with E-state index in [0.29, 0.717) is 24.0 Å². The lowest BCUT2D eigenvalue weighted by Gasteiger charge is -2.14. The van der Waals surface area contributed by atoms with E-state index < -0.39 is 5.91 Å². The van der Waals surface area contributed by atoms with Crippen LogP contribution in [-0.4, -0.2) is 28.3 Å². The van der Waals surface area contributed by atoms with Crippen molar-refractivity contribution < 1.29 is 9.53 Å². The topological polar surface area (TPSA) is 82.2 Å². The highest BCUT2D eigenvalue weighted by atomic mass is 16.5. The van der Waals surface area contributed by atoms with E-state index in [0.717, 1.165) is 31.5 Å². The molecular weight excluding hydrogens is 304 g/mol. The molecule has 1 aromatic carbocycles. The van der Waals surface area contributed by atoms with Gasteiger partial charge in [-0.2, -0.15) is 5.10 Å². The third-order valence-corrected chi connectivity index (χ3v) is 3.69. The smallest absolute Gasteiger partial charge is 0.252 e. The van der Waals surface area contributed by atoms with Crippen molar-refractivity contribution in [2.24, 2.45) is 5.73 Å². The molecule has 0 saturated heterocycles. The van der Waals surface area contributed by atoms with E-state index in [9.17, 15) is 4.79 Å². The van der Waals surface area contributed by atoms with Crippen LogP contribution in [0.2, 0.25) is 0 Å². The summed E-state index contributed by atoms with van der Waals surface area (Å²) in [7, 11) is 0. The zero-order valence-corrected chi connectivity index (χ0v) is 14.4. The first-order chi connectivity index (χ1) is 11.6. The fraction of sp³-hybridized carbons (Fsp3) is 0.444. The number of aromatic nitrogens is 2. The fourth-order valence-corrected chi connectivity index (χ4v) is 2.51. The molecule has 0 unspecified atom stereocenters. The number of ether oxygens (including phenoxy) is 1. The minimum absolute atomic E-state index is 0.319. The van der Waals surface area contributed by atoms with Gasteiger partial charge >= 0.3 is 0 Å². The van der Waals surface area contributed by atoms with Gasteiger partial charge in [-0.15, -0.1) is 0 Å². The number of rotatable bonds is 10. The van der Waals surface area contributed by atoms with Crippen LogP contribution in [-0.2, 0) is 6.54 Å². The molecule has 24 heavy (non-hydrogen) atoms. The Morgan fingerprint density at radius 1 is 1.42 bits per heavy atom. The highest BCUT2D eigenvalue weighted by molar-refractivity contribution is 5.95. The molecule has 0 bridgehead atoms. The van der Waals surface area contributed by atoms with Crippen molar-refractivity contribution in [3.8, 4) is 5.75 Å². The van der Waals surface area contributed by atoms with Gasteiger partial charge < -0.3 is 15.8 Å². The molecule has 1 heterocycles. The second kappa shape index (κ2) is 8.96. The molecule has 0 radical (unpaired) electrons. The number of anilines is 1. The molecule has 2 rings (SSSR count). The first-order valence-corrected chi connectivity index (χ1v) is 8.40. The number of nitrogens with one attached hydrogen (secondary N) is 1. The lowest BCUT2D eigenvalue weighted by molar-refractivity contribution is 0.0996. The van der Waals surface area contributed by atoms with Crippen LogP contribution in [0.3, 0.4) is 0 Å². The van der Waals surface area contributed by atoms with E-state index in [1.54, 1.807) is 18.2 Å². The second-order valence-corrected chi connectivity index (χ2v) is 5.89. The SMILES string of the molecule is CCCn1cc(N[C@H](C)CCCOc2ccccc2C(N)=O)cn1. The van der Waals surface area contributed by atoms with Gasteiger partial charge in [-0.3, -0.25) is 9.48 Å². The van der Waals surface area contributed by atoms with Gasteiger partial charge in [0.2, 0.25) is 0 Å². The number of hydrogen-bond donors (Lipinski definition) is 2. The van der Waals surface area contributed by atoms with Crippen molar-refractivity contribution in [1.82, 2.24) is 9.78 Å². The van der Waals surface area contributed by atoms with Gasteiger partial charge in [0.05, 0.1) is 24.1 Å². The van der Waals surface area contributed by atoms with Gasteiger partial charge in [0, 0.05) is 18.8 Å². The monoisotopic (exact) mass is 330 g/mol. The summed E-state index contributed by atoms with van der Waals surface area (Å²) in [5, 5.41) is 7.74. The third-order valence-electron chi connectivity index (χ3n) is 3.69. The maximum atomic E-state index is 11.3. The molecule has 6 nitrogen and oxygen atoms in total. The van der Waals surface area contributed by atoms with Crippen molar-refractivity contribution in [3.63, 3.8) is 0 Å². The Bertz CT molecular complexity index is 654. The summed E-state index contributed by atoms with van der Waals surface area (Å²) in [4.78, 5) is 11.3. The van der Waals surface area contributed by atoms with Crippen molar-refractivity contribution in [1.29, 1.82) is 0 Å². The van der Waals surface area contributed by atoms with Gasteiger partial charge in [-0.05, 0) is 38.3 Å². The number of aryl methyl sites for hydroxylation is 1. The molecule has 0 aliphatic carbocycles. The summed E-state index contributed by atoms with van der Waals surface area (Å²) in [6.45, 7) is 5.75. The lowest BCUT2D eigenvalue weighted by atomic mass is 10.2. The van der Waals surface area contributed by atoms with Crippen molar-refractivity contribution >= 4 is 11.6 Å². The van der Waals surface area contributed by atoms with Crippen LogP contribution in [0.5, 0.6) is 5.75 Å².